The number of halogens is 4. The highest BCUT2D eigenvalue weighted by Crippen LogP contribution is 2.36. The predicted molar refractivity (Wildman–Crippen MR) is 357 cm³/mol. The van der Waals surface area contributed by atoms with E-state index in [2.05, 4.69) is 16.0 Å². The number of nitrogens with one attached hydrogen (secondary N) is 3. The van der Waals surface area contributed by atoms with Crippen molar-refractivity contribution in [2.75, 3.05) is 88.6 Å². The molecule has 5 fully saturated rings. The number of hydrogen-bond acceptors (Lipinski definition) is 12. The maximum Gasteiger partial charge on any atom is 0.419 e. The van der Waals surface area contributed by atoms with Gasteiger partial charge in [-0.05, 0) is 112 Å². The third-order valence-corrected chi connectivity index (χ3v) is 20.9. The van der Waals surface area contributed by atoms with Gasteiger partial charge in [0.15, 0.2) is 0 Å². The monoisotopic (exact) mass is 1380 g/mol. The second kappa shape index (κ2) is 35.1. The van der Waals surface area contributed by atoms with Crippen LogP contribution < -0.4 is 16.0 Å². The first-order valence-corrected chi connectivity index (χ1v) is 35.2. The Hall–Kier alpha value is -7.42. The van der Waals surface area contributed by atoms with Crippen molar-refractivity contribution in [2.45, 2.75) is 224 Å². The van der Waals surface area contributed by atoms with E-state index >= 15 is 18.8 Å². The Morgan fingerprint density at radius 1 is 0.622 bits per heavy atom. The number of rotatable bonds is 11. The van der Waals surface area contributed by atoms with Gasteiger partial charge in [-0.3, -0.25) is 57.5 Å². The molecule has 0 radical (unpaired) electrons. The highest BCUT2D eigenvalue weighted by Gasteiger charge is 2.51. The smallest absolute Gasteiger partial charge is 0.343 e. The van der Waals surface area contributed by atoms with Gasteiger partial charge in [0, 0.05) is 69.0 Å². The van der Waals surface area contributed by atoms with Gasteiger partial charge in [-0.1, -0.05) is 99.0 Å². The van der Waals surface area contributed by atoms with E-state index in [4.69, 9.17) is 0 Å². The van der Waals surface area contributed by atoms with Gasteiger partial charge in [-0.2, -0.15) is 13.2 Å². The molecule has 3 aliphatic heterocycles. The molecule has 2 aliphatic carbocycles. The molecule has 5 aliphatic rings. The Bertz CT molecular complexity index is 3040. The van der Waals surface area contributed by atoms with Crippen LogP contribution in [-0.4, -0.2) is 251 Å². The molecule has 1 aromatic carbocycles. The molecule has 3 saturated heterocycles. The molecule has 8 atom stereocenters. The van der Waals surface area contributed by atoms with Crippen molar-refractivity contribution in [3.05, 3.63) is 35.1 Å². The summed E-state index contributed by atoms with van der Waals surface area (Å²) in [6, 6.07) is -6.68. The molecule has 28 heteroatoms. The molecular weight excluding hydrogens is 1280 g/mol. The average Bonchev–Trinajstić information content (AvgIpc) is 1.30. The zero-order valence-electron chi connectivity index (χ0n) is 59.9. The molecule has 2 saturated carbocycles. The van der Waals surface area contributed by atoms with Crippen LogP contribution in [0.4, 0.5) is 17.6 Å². The number of alkyl halides is 3. The summed E-state index contributed by atoms with van der Waals surface area (Å²) >= 11 is 0. The van der Waals surface area contributed by atoms with Gasteiger partial charge in [0.05, 0.1) is 31.6 Å². The quantitative estimate of drug-likeness (QED) is 0.248. The van der Waals surface area contributed by atoms with Crippen LogP contribution in [0.2, 0.25) is 0 Å². The van der Waals surface area contributed by atoms with E-state index in [-0.39, 0.29) is 75.3 Å². The summed E-state index contributed by atoms with van der Waals surface area (Å²) in [5.41, 5.74) is -3.06. The van der Waals surface area contributed by atoms with Gasteiger partial charge in [0.1, 0.15) is 53.6 Å². The van der Waals surface area contributed by atoms with Crippen molar-refractivity contribution in [1.82, 2.24) is 60.0 Å². The second-order valence-corrected chi connectivity index (χ2v) is 29.0. The van der Waals surface area contributed by atoms with Crippen molar-refractivity contribution >= 4 is 70.9 Å². The number of carbonyl (C=O) groups is 12. The minimum atomic E-state index is -5.00. The number of fused-ring (bicyclic) bond motifs is 1. The van der Waals surface area contributed by atoms with E-state index in [1.54, 1.807) is 25.7 Å². The topological polar surface area (TPSA) is 270 Å². The summed E-state index contributed by atoms with van der Waals surface area (Å²) in [6.45, 7) is 9.67. The summed E-state index contributed by atoms with van der Waals surface area (Å²) in [7, 11) is 9.75. The Morgan fingerprint density at radius 3 is 1.82 bits per heavy atom. The van der Waals surface area contributed by atoms with E-state index in [9.17, 15) is 56.3 Å². The summed E-state index contributed by atoms with van der Waals surface area (Å²) in [5, 5.41) is 8.57. The molecule has 548 valence electrons. The maximum atomic E-state index is 15.4. The Labute approximate surface area is 575 Å². The minimum absolute atomic E-state index is 0.00117. The van der Waals surface area contributed by atoms with Crippen molar-refractivity contribution < 1.29 is 75.1 Å². The number of benzene rings is 1. The number of hydrogen-bond donors (Lipinski definition) is 3. The van der Waals surface area contributed by atoms with Gasteiger partial charge in [0.2, 0.25) is 70.9 Å². The Balaban J connectivity index is 1.42. The molecule has 3 N–H and O–H groups in total. The lowest BCUT2D eigenvalue weighted by molar-refractivity contribution is -0.156. The number of likely N-dealkylation sites (N-methyl/N-ethyl adjacent to an activating group) is 7. The fourth-order valence-corrected chi connectivity index (χ4v) is 14.6. The van der Waals surface area contributed by atoms with Gasteiger partial charge < -0.3 is 60.0 Å². The predicted octanol–water partition coefficient (Wildman–Crippen LogP) is 4.98. The van der Waals surface area contributed by atoms with Crippen LogP contribution in [0.1, 0.15) is 175 Å². The number of likely N-dealkylation sites (tertiary alicyclic amines) is 1. The SMILES string of the molecule is CC[C@H](C)[C@@H]1NC(=O)[C@H](CC(C)C)N(C)C(=O)C[C@@H](C(=O)N2CCCCC2)N(C)C(=O)[C@H](C(C)C)N(C)C(=O)C2(CCCC2)NC(=O)[C@@H]2CCCN2C(=O)[C@H](CCc2ccc(C(F)(F)F)c(F)c2)NC(=O)CN(C)C(=O)[C@H](CC2CCCCC2)N(C)C(=O)CN(C)C(=O)CN(C)C1=O. The van der Waals surface area contributed by atoms with E-state index in [1.165, 1.54) is 73.8 Å². The second-order valence-electron chi connectivity index (χ2n) is 29.0. The normalized spacial score (nSPS) is 26.2. The lowest BCUT2D eigenvalue weighted by Gasteiger charge is -2.42. The fourth-order valence-electron chi connectivity index (χ4n) is 14.6. The first-order valence-electron chi connectivity index (χ1n) is 35.2. The zero-order valence-corrected chi connectivity index (χ0v) is 59.9. The summed E-state index contributed by atoms with van der Waals surface area (Å²) < 4.78 is 56.1. The lowest BCUT2D eigenvalue weighted by Crippen LogP contribution is -2.65. The highest BCUT2D eigenvalue weighted by molar-refractivity contribution is 6.00. The van der Waals surface area contributed by atoms with Crippen molar-refractivity contribution in [3.63, 3.8) is 0 Å². The number of piperidine rings is 1. The molecule has 24 nitrogen and oxygen atoms in total. The molecule has 98 heavy (non-hydrogen) atoms. The number of aryl methyl sites for hydroxylation is 1. The summed E-state index contributed by atoms with van der Waals surface area (Å²) in [5.74, 6) is -11.0. The molecule has 1 aromatic rings. The number of amides is 12. The van der Waals surface area contributed by atoms with Crippen LogP contribution >= 0.6 is 0 Å². The van der Waals surface area contributed by atoms with Gasteiger partial charge in [-0.15, -0.1) is 0 Å². The minimum Gasteiger partial charge on any atom is -0.343 e. The third kappa shape index (κ3) is 19.9. The third-order valence-electron chi connectivity index (χ3n) is 20.9. The van der Waals surface area contributed by atoms with Crippen LogP contribution in [0.25, 0.3) is 0 Å². The fraction of sp³-hybridized carbons (Fsp3) is 0.743. The van der Waals surface area contributed by atoms with Crippen LogP contribution in [-0.2, 0) is 70.1 Å². The molecule has 1 spiro atoms. The Morgan fingerprint density at radius 2 is 1.22 bits per heavy atom. The maximum absolute atomic E-state index is 15.4. The van der Waals surface area contributed by atoms with Crippen molar-refractivity contribution in [1.29, 1.82) is 0 Å². The first kappa shape index (κ1) is 79.6. The van der Waals surface area contributed by atoms with Crippen molar-refractivity contribution in [3.8, 4) is 0 Å². The standard InChI is InChI=1S/C70H108F4N12O12/c1-14-45(6)59-66(96)80(9)41-57(89)78(7)42-58(90)82(11)53(38-46-24-17-15-18-25-46)64(94)79(8)40-55(87)75-50(30-28-47-27-29-48(49(71)37-47)70(72,73)74)63(93)86-35-23-26-51(86)62(92)77-69(31-19-20-32-69)68(98)84(13)60(44(4)5)67(97)83(12)54(65(95)85-33-21-16-22-34-85)39-56(88)81(10)52(36-43(2)3)61(91)76-59/h27,29,37,43-46,50-54,59-60H,14-26,28,30-36,38-42H2,1-13H3,(H,75,87)(H,76,91)(H,77,92)/t45-,50-,51-,52-,53-,54-,59-,60-/m0/s1. The Kier molecular flexibility index (Phi) is 28.5. The van der Waals surface area contributed by atoms with Gasteiger partial charge in [0.25, 0.3) is 0 Å². The highest BCUT2D eigenvalue weighted by atomic mass is 19.4. The van der Waals surface area contributed by atoms with E-state index < -0.39 is 174 Å². The van der Waals surface area contributed by atoms with Gasteiger partial charge in [-0.25, -0.2) is 4.39 Å². The van der Waals surface area contributed by atoms with Gasteiger partial charge >= 0.3 is 6.18 Å². The van der Waals surface area contributed by atoms with E-state index in [0.29, 0.717) is 57.3 Å². The molecule has 3 heterocycles. The average molecular weight is 1390 g/mol. The zero-order chi connectivity index (χ0) is 72.8. The van der Waals surface area contributed by atoms with E-state index in [0.717, 1.165) is 59.3 Å². The van der Waals surface area contributed by atoms with Crippen LogP contribution in [0.15, 0.2) is 18.2 Å². The van der Waals surface area contributed by atoms with E-state index in [1.807, 2.05) is 20.8 Å². The molecular formula is C70H108F4N12O12. The van der Waals surface area contributed by atoms with Crippen molar-refractivity contribution in [2.24, 2.45) is 23.7 Å². The molecule has 0 bridgehead atoms. The largest absolute Gasteiger partial charge is 0.419 e. The summed E-state index contributed by atoms with van der Waals surface area (Å²) in [6.07, 6.45) is 2.69. The number of carbonyl (C=O) groups excluding carboxylic acids is 12. The lowest BCUT2D eigenvalue weighted by atomic mass is 9.84. The van der Waals surface area contributed by atoms with Crippen LogP contribution in [0.3, 0.4) is 0 Å². The summed E-state index contributed by atoms with van der Waals surface area (Å²) in [4.78, 5) is 189. The molecule has 6 rings (SSSR count). The number of nitrogens with zero attached hydrogens (tertiary/aromatic N) is 9. The molecule has 12 amide bonds. The molecule has 0 unspecified atom stereocenters. The first-order chi connectivity index (χ1) is 46.0. The molecule has 0 aromatic heterocycles. The van der Waals surface area contributed by atoms with Crippen LogP contribution in [0.5, 0.6) is 0 Å². The van der Waals surface area contributed by atoms with Crippen LogP contribution in [0, 0.1) is 29.5 Å².